The number of nitrogens with zero attached hydrogens (tertiary/aromatic N) is 1. The summed E-state index contributed by atoms with van der Waals surface area (Å²) in [6.45, 7) is 6.89. The molecule has 4 heterocycles. The first kappa shape index (κ1) is 36.3. The summed E-state index contributed by atoms with van der Waals surface area (Å²) >= 11 is 0. The summed E-state index contributed by atoms with van der Waals surface area (Å²) in [7, 11) is 4.54. The lowest BCUT2D eigenvalue weighted by Crippen LogP contribution is -2.49. The smallest absolute Gasteiger partial charge is 0.336 e. The average Bonchev–Trinajstić information content (AvgIpc) is 3.96. The van der Waals surface area contributed by atoms with Crippen LogP contribution in [-0.4, -0.2) is 80.7 Å². The van der Waals surface area contributed by atoms with E-state index in [1.54, 1.807) is 70.2 Å². The van der Waals surface area contributed by atoms with Crippen molar-refractivity contribution in [3.63, 3.8) is 0 Å². The predicted octanol–water partition coefficient (Wildman–Crippen LogP) is 4.73. The van der Waals surface area contributed by atoms with E-state index in [0.717, 1.165) is 5.06 Å². The van der Waals surface area contributed by atoms with Crippen molar-refractivity contribution in [3.8, 4) is 40.2 Å². The molecule has 1 fully saturated rings. The number of esters is 2. The first-order chi connectivity index (χ1) is 26.3. The molecule has 0 bridgehead atoms. The number of hydrogen-bond acceptors (Lipinski definition) is 14. The van der Waals surface area contributed by atoms with Gasteiger partial charge < -0.3 is 53.2 Å². The monoisotopic (exact) mass is 758 g/mol. The fourth-order valence-electron chi connectivity index (χ4n) is 8.51. The maximum Gasteiger partial charge on any atom is 0.336 e. The summed E-state index contributed by atoms with van der Waals surface area (Å²) in [5, 5.41) is 15.1. The molecule has 5 aliphatic rings. The topological polar surface area (TPSA) is 170 Å². The number of benzene rings is 3. The zero-order valence-electron chi connectivity index (χ0n) is 31.4. The van der Waals surface area contributed by atoms with Crippen LogP contribution >= 0.6 is 0 Å². The van der Waals surface area contributed by atoms with Crippen LogP contribution in [0.1, 0.15) is 68.0 Å². The molecule has 0 radical (unpaired) electrons. The van der Waals surface area contributed by atoms with Gasteiger partial charge in [0.25, 0.3) is 5.91 Å². The number of hydroxylamine groups is 2. The minimum Gasteiger partial charge on any atom is -0.493 e. The summed E-state index contributed by atoms with van der Waals surface area (Å²) in [4.78, 5) is 42.6. The number of hydrogen-bond donors (Lipinski definition) is 2. The highest BCUT2D eigenvalue weighted by atomic mass is 16.7. The Balaban J connectivity index is 1.21. The highest BCUT2D eigenvalue weighted by Crippen LogP contribution is 2.56. The summed E-state index contributed by atoms with van der Waals surface area (Å²) in [5.74, 6) is -0.827. The largest absolute Gasteiger partial charge is 0.493 e. The second-order valence-corrected chi connectivity index (χ2v) is 15.1. The number of cyclic esters (lactones) is 1. The van der Waals surface area contributed by atoms with Crippen molar-refractivity contribution in [2.45, 2.75) is 56.8 Å². The first-order valence-electron chi connectivity index (χ1n) is 17.8. The number of ether oxygens (including phenoxy) is 9. The van der Waals surface area contributed by atoms with Crippen molar-refractivity contribution >= 4 is 17.8 Å². The fraction of sp³-hybridized carbons (Fsp3) is 0.425. The third kappa shape index (κ3) is 5.84. The number of nitrogens with one attached hydrogen (secondary N) is 1. The lowest BCUT2D eigenvalue weighted by Gasteiger charge is -2.40. The van der Waals surface area contributed by atoms with Crippen LogP contribution in [0.3, 0.4) is 0 Å². The van der Waals surface area contributed by atoms with Gasteiger partial charge in [-0.15, -0.1) is 0 Å². The fourth-order valence-corrected chi connectivity index (χ4v) is 8.51. The highest BCUT2D eigenvalue weighted by molar-refractivity contribution is 5.95. The average molecular weight is 759 g/mol. The highest BCUT2D eigenvalue weighted by Gasteiger charge is 2.54. The van der Waals surface area contributed by atoms with Gasteiger partial charge in [-0.2, -0.15) is 5.06 Å². The van der Waals surface area contributed by atoms with E-state index in [-0.39, 0.29) is 25.8 Å². The van der Waals surface area contributed by atoms with Crippen molar-refractivity contribution in [2.24, 2.45) is 11.8 Å². The zero-order chi connectivity index (χ0) is 39.0. The lowest BCUT2D eigenvalue weighted by atomic mass is 9.65. The van der Waals surface area contributed by atoms with E-state index in [0.29, 0.717) is 62.5 Å². The molecule has 1 amide bonds. The quantitative estimate of drug-likeness (QED) is 0.287. The van der Waals surface area contributed by atoms with Gasteiger partial charge in [0.15, 0.2) is 34.5 Å². The molecule has 15 heteroatoms. The molecule has 290 valence electrons. The summed E-state index contributed by atoms with van der Waals surface area (Å²) in [6, 6.07) is 11.3. The first-order valence-corrected chi connectivity index (χ1v) is 17.8. The van der Waals surface area contributed by atoms with Gasteiger partial charge in [-0.05, 0) is 80.8 Å². The molecule has 15 nitrogen and oxygen atoms in total. The SMILES string of the molecule is COc1cc([C@@H]2c3cc4c(cc3[C@@H](NC(=O)C(OC(=O)C3=CC(C)(C)N(O)C3(C)C)c3ccc5c(c3)OCO5)[C@H]3COC(=O)[C@H]23)OCO4)cc(OC)c1OC. The number of methoxy groups -OCH3 is 3. The Bertz CT molecular complexity index is 2100. The number of carbonyl (C=O) groups is 3. The maximum absolute atomic E-state index is 14.7. The van der Waals surface area contributed by atoms with E-state index < -0.39 is 58.8 Å². The molecule has 5 atom stereocenters. The molecular formula is C40H42N2O13. The molecule has 4 aliphatic heterocycles. The van der Waals surface area contributed by atoms with Gasteiger partial charge in [-0.3, -0.25) is 9.59 Å². The minimum absolute atomic E-state index is 0.000222. The molecule has 0 saturated carbocycles. The van der Waals surface area contributed by atoms with Crippen molar-refractivity contribution in [1.29, 1.82) is 0 Å². The lowest BCUT2D eigenvalue weighted by molar-refractivity contribution is -0.188. The van der Waals surface area contributed by atoms with Crippen LogP contribution in [0.4, 0.5) is 0 Å². The van der Waals surface area contributed by atoms with Gasteiger partial charge in [-0.1, -0.05) is 12.1 Å². The Kier molecular flexibility index (Phi) is 8.76. The molecule has 55 heavy (non-hydrogen) atoms. The van der Waals surface area contributed by atoms with Crippen LogP contribution in [0.25, 0.3) is 0 Å². The number of rotatable bonds is 9. The molecule has 3 aromatic carbocycles. The third-order valence-corrected chi connectivity index (χ3v) is 11.1. The Labute approximate surface area is 316 Å². The summed E-state index contributed by atoms with van der Waals surface area (Å²) in [5.41, 5.74) is 0.514. The van der Waals surface area contributed by atoms with Gasteiger partial charge >= 0.3 is 11.9 Å². The summed E-state index contributed by atoms with van der Waals surface area (Å²) in [6.07, 6.45) is 0.135. The molecular weight excluding hydrogens is 716 g/mol. The van der Waals surface area contributed by atoms with Crippen molar-refractivity contribution in [1.82, 2.24) is 10.4 Å². The Morgan fingerprint density at radius 3 is 2.05 bits per heavy atom. The number of amides is 1. The second-order valence-electron chi connectivity index (χ2n) is 15.1. The van der Waals surface area contributed by atoms with Crippen LogP contribution in [0.5, 0.6) is 40.2 Å². The molecule has 0 spiro atoms. The van der Waals surface area contributed by atoms with Crippen molar-refractivity contribution in [3.05, 3.63) is 76.4 Å². The van der Waals surface area contributed by atoms with Gasteiger partial charge in [-0.25, -0.2) is 4.79 Å². The van der Waals surface area contributed by atoms with Crippen LogP contribution in [0.15, 0.2) is 54.1 Å². The van der Waals surface area contributed by atoms with Crippen molar-refractivity contribution in [2.75, 3.05) is 41.5 Å². The Hall–Kier alpha value is -5.67. The standard InChI is InChI=1S/C40H42N2O13/c1-39(2)15-24(40(3,4)42(39)46)37(44)55-34(19-8-9-25-26(10-19)52-17-51-25)36(43)41-33-22-14-28-27(53-18-54-28)13-21(22)31(32-23(33)16-50-38(32)45)20-11-29(47-5)35(49-7)30(12-20)48-6/h8-15,23,31-34,46H,16-18H2,1-7H3,(H,41,43)/t23-,31+,32-,33+,34?/m0/s1. The van der Waals surface area contributed by atoms with Crippen LogP contribution < -0.4 is 38.5 Å². The van der Waals surface area contributed by atoms with Crippen LogP contribution in [0, 0.1) is 11.8 Å². The molecule has 1 unspecified atom stereocenters. The number of carbonyl (C=O) groups excluding carboxylic acids is 3. The zero-order valence-corrected chi connectivity index (χ0v) is 31.4. The summed E-state index contributed by atoms with van der Waals surface area (Å²) < 4.78 is 51.4. The van der Waals surface area contributed by atoms with E-state index in [1.807, 2.05) is 6.07 Å². The number of fused-ring (bicyclic) bond motifs is 4. The molecule has 8 rings (SSSR count). The predicted molar refractivity (Wildman–Crippen MR) is 191 cm³/mol. The maximum atomic E-state index is 14.7. The normalized spacial score (nSPS) is 24.2. The van der Waals surface area contributed by atoms with Crippen molar-refractivity contribution < 1.29 is 62.2 Å². The van der Waals surface area contributed by atoms with E-state index in [2.05, 4.69) is 5.32 Å². The van der Waals surface area contributed by atoms with Crippen LogP contribution in [-0.2, 0) is 23.9 Å². The van der Waals surface area contributed by atoms with Gasteiger partial charge in [0.05, 0.1) is 56.5 Å². The third-order valence-electron chi connectivity index (χ3n) is 11.1. The molecule has 1 saturated heterocycles. The van der Waals surface area contributed by atoms with Crippen LogP contribution in [0.2, 0.25) is 0 Å². The Morgan fingerprint density at radius 1 is 0.836 bits per heavy atom. The molecule has 0 aromatic heterocycles. The Morgan fingerprint density at radius 2 is 1.45 bits per heavy atom. The minimum atomic E-state index is -1.49. The molecule has 1 aliphatic carbocycles. The molecule has 3 aromatic rings. The van der Waals surface area contributed by atoms with E-state index >= 15 is 0 Å². The van der Waals surface area contributed by atoms with Gasteiger partial charge in [0, 0.05) is 17.4 Å². The molecule has 2 N–H and O–H groups in total. The van der Waals surface area contributed by atoms with Gasteiger partial charge in [0.1, 0.15) is 0 Å². The van der Waals surface area contributed by atoms with E-state index in [4.69, 9.17) is 42.6 Å². The second kappa shape index (κ2) is 13.3. The van der Waals surface area contributed by atoms with E-state index in [9.17, 15) is 19.6 Å². The van der Waals surface area contributed by atoms with Gasteiger partial charge in [0.2, 0.25) is 25.4 Å². The van der Waals surface area contributed by atoms with E-state index in [1.165, 1.54) is 21.3 Å².